The van der Waals surface area contributed by atoms with Gasteiger partial charge in [-0.3, -0.25) is 9.59 Å². The van der Waals surface area contributed by atoms with Crippen molar-refractivity contribution in [1.29, 1.82) is 0 Å². The Kier molecular flexibility index (Phi) is 8.73. The van der Waals surface area contributed by atoms with Crippen molar-refractivity contribution in [2.24, 2.45) is 10.7 Å². The largest absolute Gasteiger partial charge is 0.433 e. The highest BCUT2D eigenvalue weighted by Crippen LogP contribution is 2.32. The summed E-state index contributed by atoms with van der Waals surface area (Å²) in [6, 6.07) is 6.12. The number of halogens is 3. The second-order valence-electron chi connectivity index (χ2n) is 10.3. The molecule has 0 atom stereocenters. The number of amides is 2. The van der Waals surface area contributed by atoms with Gasteiger partial charge in [0.2, 0.25) is 5.91 Å². The molecule has 0 aliphatic carbocycles. The van der Waals surface area contributed by atoms with Crippen LogP contribution in [0.3, 0.4) is 0 Å². The van der Waals surface area contributed by atoms with E-state index in [1.54, 1.807) is 24.8 Å². The van der Waals surface area contributed by atoms with Crippen molar-refractivity contribution in [1.82, 2.24) is 14.8 Å². The fourth-order valence-corrected chi connectivity index (χ4v) is 5.43. The molecule has 210 valence electrons. The lowest BCUT2D eigenvalue weighted by Crippen LogP contribution is -2.50. The van der Waals surface area contributed by atoms with Crippen LogP contribution in [0, 0.1) is 0 Å². The van der Waals surface area contributed by atoms with E-state index < -0.39 is 11.9 Å². The molecule has 1 aromatic heterocycles. The summed E-state index contributed by atoms with van der Waals surface area (Å²) in [7, 11) is 0. The predicted molar refractivity (Wildman–Crippen MR) is 145 cm³/mol. The Bertz CT molecular complexity index is 1310. The third-order valence-corrected chi connectivity index (χ3v) is 7.75. The average Bonchev–Trinajstić information content (AvgIpc) is 2.94. The zero-order chi connectivity index (χ0) is 28.3. The van der Waals surface area contributed by atoms with Gasteiger partial charge in [0, 0.05) is 55.3 Å². The molecule has 39 heavy (non-hydrogen) atoms. The van der Waals surface area contributed by atoms with Crippen molar-refractivity contribution in [3.8, 4) is 0 Å². The van der Waals surface area contributed by atoms with Crippen molar-refractivity contribution in [2.75, 3.05) is 26.2 Å². The number of aliphatic imine (C=N–C) groups is 1. The number of carbonyl (C=O) groups excluding carboxylic acids is 2. The number of piperidine rings is 2. The molecule has 10 heteroatoms. The first kappa shape index (κ1) is 28.7. The number of fused-ring (bicyclic) bond motifs is 1. The van der Waals surface area contributed by atoms with Crippen molar-refractivity contribution >= 4 is 28.4 Å². The summed E-state index contributed by atoms with van der Waals surface area (Å²) in [4.78, 5) is 38.3. The molecule has 7 nitrogen and oxygen atoms in total. The van der Waals surface area contributed by atoms with Crippen LogP contribution in [0.2, 0.25) is 0 Å². The molecule has 1 aromatic carbocycles. The quantitative estimate of drug-likeness (QED) is 0.416. The van der Waals surface area contributed by atoms with Crippen LogP contribution < -0.4 is 5.73 Å². The second-order valence-corrected chi connectivity index (χ2v) is 10.3. The molecule has 0 bridgehead atoms. The minimum atomic E-state index is -4.55. The molecular formula is C29H36F3N5O2. The first-order valence-corrected chi connectivity index (χ1v) is 13.6. The zero-order valence-electron chi connectivity index (χ0n) is 22.8. The fraction of sp³-hybridized carbons (Fsp3) is 0.517. The highest BCUT2D eigenvalue weighted by molar-refractivity contribution is 6.11. The minimum absolute atomic E-state index is 0.141. The second kappa shape index (κ2) is 11.9. The lowest BCUT2D eigenvalue weighted by molar-refractivity contribution is -0.141. The van der Waals surface area contributed by atoms with Gasteiger partial charge in [-0.1, -0.05) is 19.1 Å². The third kappa shape index (κ3) is 6.16. The van der Waals surface area contributed by atoms with E-state index in [-0.39, 0.29) is 35.6 Å². The number of alkyl halides is 3. The van der Waals surface area contributed by atoms with Crippen molar-refractivity contribution in [2.45, 2.75) is 71.5 Å². The molecule has 0 saturated carbocycles. The first-order chi connectivity index (χ1) is 18.5. The molecule has 2 aliphatic heterocycles. The number of hydrogen-bond donors (Lipinski definition) is 1. The maximum atomic E-state index is 13.6. The molecule has 3 heterocycles. The number of nitrogens with two attached hydrogens (primary N) is 1. The Morgan fingerprint density at radius 2 is 1.82 bits per heavy atom. The summed E-state index contributed by atoms with van der Waals surface area (Å²) < 4.78 is 40.1. The van der Waals surface area contributed by atoms with E-state index in [1.165, 1.54) is 6.07 Å². The van der Waals surface area contributed by atoms with Gasteiger partial charge in [0.1, 0.15) is 11.4 Å². The maximum absolute atomic E-state index is 13.6. The Balaban J connectivity index is 1.61. The minimum Gasteiger partial charge on any atom is -0.340 e. The topological polar surface area (TPSA) is 91.9 Å². The van der Waals surface area contributed by atoms with Gasteiger partial charge < -0.3 is 15.5 Å². The summed E-state index contributed by atoms with van der Waals surface area (Å²) in [5, 5.41) is 0.549. The SMILES string of the molecule is CCc1ccc(/C(C)=N/C(C(=O)N2CCC(N3CCCCC3=O)CC2)=C(\C)CN)c2ccc(C(F)(F)F)nc12. The Hall–Kier alpha value is -3.27. The number of hydrogen-bond acceptors (Lipinski definition) is 5. The van der Waals surface area contributed by atoms with Crippen LogP contribution in [0.4, 0.5) is 13.2 Å². The molecule has 2 fully saturated rings. The monoisotopic (exact) mass is 543 g/mol. The van der Waals surface area contributed by atoms with Crippen LogP contribution in [0.15, 0.2) is 40.5 Å². The van der Waals surface area contributed by atoms with E-state index in [0.717, 1.165) is 25.5 Å². The van der Waals surface area contributed by atoms with Gasteiger partial charge in [-0.25, -0.2) is 9.98 Å². The van der Waals surface area contributed by atoms with Crippen molar-refractivity contribution < 1.29 is 22.8 Å². The molecule has 2 N–H and O–H groups in total. The Morgan fingerprint density at radius 1 is 1.10 bits per heavy atom. The van der Waals surface area contributed by atoms with E-state index >= 15 is 0 Å². The van der Waals surface area contributed by atoms with E-state index in [2.05, 4.69) is 4.98 Å². The van der Waals surface area contributed by atoms with Crippen LogP contribution >= 0.6 is 0 Å². The van der Waals surface area contributed by atoms with Crippen LogP contribution in [-0.2, 0) is 22.2 Å². The van der Waals surface area contributed by atoms with Gasteiger partial charge in [0.05, 0.1) is 5.52 Å². The number of likely N-dealkylation sites (tertiary alicyclic amines) is 2. The lowest BCUT2D eigenvalue weighted by Gasteiger charge is -2.40. The smallest absolute Gasteiger partial charge is 0.340 e. The van der Waals surface area contributed by atoms with Crippen LogP contribution in [0.5, 0.6) is 0 Å². The van der Waals surface area contributed by atoms with Crippen molar-refractivity contribution in [3.63, 3.8) is 0 Å². The highest BCUT2D eigenvalue weighted by atomic mass is 19.4. The van der Waals surface area contributed by atoms with Crippen molar-refractivity contribution in [3.05, 3.63) is 52.4 Å². The summed E-state index contributed by atoms with van der Waals surface area (Å²) in [5.74, 6) is -0.0309. The average molecular weight is 544 g/mol. The van der Waals surface area contributed by atoms with Crippen LogP contribution in [0.1, 0.15) is 69.7 Å². The molecule has 0 radical (unpaired) electrons. The molecule has 0 unspecified atom stereocenters. The molecule has 2 aromatic rings. The zero-order valence-corrected chi connectivity index (χ0v) is 22.8. The summed E-state index contributed by atoms with van der Waals surface area (Å²) in [6.07, 6.45) is -0.0492. The number of aromatic nitrogens is 1. The van der Waals surface area contributed by atoms with E-state index in [9.17, 15) is 22.8 Å². The normalized spacial score (nSPS) is 18.5. The summed E-state index contributed by atoms with van der Waals surface area (Å²) >= 11 is 0. The van der Waals surface area contributed by atoms with E-state index in [4.69, 9.17) is 10.7 Å². The molecular weight excluding hydrogens is 507 g/mol. The number of benzene rings is 1. The Morgan fingerprint density at radius 3 is 2.44 bits per heavy atom. The predicted octanol–water partition coefficient (Wildman–Crippen LogP) is 4.86. The van der Waals surface area contributed by atoms with Crippen LogP contribution in [-0.4, -0.2) is 64.5 Å². The van der Waals surface area contributed by atoms with Gasteiger partial charge >= 0.3 is 6.18 Å². The Labute approximate surface area is 227 Å². The summed E-state index contributed by atoms with van der Waals surface area (Å²) in [5.41, 5.74) is 7.93. The van der Waals surface area contributed by atoms with Gasteiger partial charge in [0.25, 0.3) is 5.91 Å². The van der Waals surface area contributed by atoms with Gasteiger partial charge in [0.15, 0.2) is 0 Å². The maximum Gasteiger partial charge on any atom is 0.433 e. The molecule has 4 rings (SSSR count). The third-order valence-electron chi connectivity index (χ3n) is 7.75. The highest BCUT2D eigenvalue weighted by Gasteiger charge is 2.34. The first-order valence-electron chi connectivity index (χ1n) is 13.6. The molecule has 0 spiro atoms. The number of rotatable bonds is 6. The molecule has 2 amide bonds. The molecule has 2 aliphatic rings. The number of aryl methyl sites for hydroxylation is 1. The number of pyridine rings is 1. The summed E-state index contributed by atoms with van der Waals surface area (Å²) in [6.45, 7) is 7.32. The van der Waals surface area contributed by atoms with E-state index in [1.807, 2.05) is 17.9 Å². The lowest BCUT2D eigenvalue weighted by atomic mass is 9.98. The van der Waals surface area contributed by atoms with Crippen LogP contribution in [0.25, 0.3) is 10.9 Å². The van der Waals surface area contributed by atoms with E-state index in [0.29, 0.717) is 66.6 Å². The fourth-order valence-electron chi connectivity index (χ4n) is 5.43. The number of carbonyl (C=O) groups is 2. The standard InChI is InChI=1S/C29H36F3N5O2/c1-4-20-8-9-22(23-10-11-24(29(30,31)32)35-27(20)23)19(3)34-26(18(2)17-33)28(39)36-15-12-21(13-16-36)37-14-6-5-7-25(37)38/h8-11,21H,4-7,12-17,33H2,1-3H3/b26-18+,34-19+. The van der Waals surface area contributed by atoms with Gasteiger partial charge in [-0.2, -0.15) is 13.2 Å². The van der Waals surface area contributed by atoms with Gasteiger partial charge in [-0.15, -0.1) is 0 Å². The molecule has 2 saturated heterocycles. The number of nitrogens with zero attached hydrogens (tertiary/aromatic N) is 4. The van der Waals surface area contributed by atoms with Gasteiger partial charge in [-0.05, 0) is 69.2 Å².